The van der Waals surface area contributed by atoms with E-state index < -0.39 is 0 Å². The number of nitriles is 1. The van der Waals surface area contributed by atoms with E-state index in [2.05, 4.69) is 16.4 Å². The molecule has 0 radical (unpaired) electrons. The number of carbonyl (C=O) groups excluding carboxylic acids is 1. The molecule has 0 unspecified atom stereocenters. The molecule has 0 saturated heterocycles. The molecule has 0 atom stereocenters. The Labute approximate surface area is 169 Å². The van der Waals surface area contributed by atoms with Crippen LogP contribution in [0.3, 0.4) is 0 Å². The highest BCUT2D eigenvalue weighted by Gasteiger charge is 2.32. The molecule has 144 valence electrons. The molecule has 0 bridgehead atoms. The van der Waals surface area contributed by atoms with E-state index in [9.17, 15) is 4.79 Å². The molecule has 6 heteroatoms. The lowest BCUT2D eigenvalue weighted by molar-refractivity contribution is 0.205. The van der Waals surface area contributed by atoms with E-state index in [-0.39, 0.29) is 12.1 Å². The van der Waals surface area contributed by atoms with E-state index in [0.717, 1.165) is 18.5 Å². The second kappa shape index (κ2) is 8.44. The van der Waals surface area contributed by atoms with Gasteiger partial charge in [-0.2, -0.15) is 5.26 Å². The molecule has 2 aromatic carbocycles. The van der Waals surface area contributed by atoms with Gasteiger partial charge in [0, 0.05) is 17.9 Å². The zero-order chi connectivity index (χ0) is 20.1. The Hall–Kier alpha value is -3.85. The molecule has 1 saturated carbocycles. The minimum atomic E-state index is -0.126. The lowest BCUT2D eigenvalue weighted by Gasteiger charge is -2.22. The molecule has 0 spiro atoms. The van der Waals surface area contributed by atoms with E-state index in [1.54, 1.807) is 42.6 Å². The van der Waals surface area contributed by atoms with Gasteiger partial charge < -0.3 is 15.0 Å². The molecule has 2 amide bonds. The second-order valence-corrected chi connectivity index (χ2v) is 6.87. The summed E-state index contributed by atoms with van der Waals surface area (Å²) in [5.74, 6) is 1.30. The summed E-state index contributed by atoms with van der Waals surface area (Å²) >= 11 is 0. The number of anilines is 1. The zero-order valence-corrected chi connectivity index (χ0v) is 15.8. The molecule has 1 aliphatic carbocycles. The summed E-state index contributed by atoms with van der Waals surface area (Å²) in [5, 5.41) is 11.8. The number of hydrogen-bond donors (Lipinski definition) is 1. The largest absolute Gasteiger partial charge is 0.457 e. The van der Waals surface area contributed by atoms with Crippen LogP contribution in [0.15, 0.2) is 72.9 Å². The van der Waals surface area contributed by atoms with Crippen LogP contribution in [0, 0.1) is 11.3 Å². The minimum absolute atomic E-state index is 0.126. The molecule has 1 fully saturated rings. The summed E-state index contributed by atoms with van der Waals surface area (Å²) in [6.45, 7) is 0.497. The molecule has 1 N–H and O–H groups in total. The van der Waals surface area contributed by atoms with Crippen LogP contribution in [-0.2, 0) is 6.54 Å². The number of benzene rings is 2. The fourth-order valence-electron chi connectivity index (χ4n) is 2.95. The van der Waals surface area contributed by atoms with Crippen molar-refractivity contribution >= 4 is 11.7 Å². The normalized spacial score (nSPS) is 12.7. The van der Waals surface area contributed by atoms with Gasteiger partial charge in [-0.1, -0.05) is 6.07 Å². The highest BCUT2D eigenvalue weighted by Crippen LogP contribution is 2.29. The number of rotatable bonds is 6. The Balaban J connectivity index is 1.38. The number of ether oxygens (including phenoxy) is 1. The molecule has 1 aliphatic rings. The van der Waals surface area contributed by atoms with Gasteiger partial charge in [0.15, 0.2) is 0 Å². The van der Waals surface area contributed by atoms with Crippen molar-refractivity contribution in [1.82, 2.24) is 9.88 Å². The Kier molecular flexibility index (Phi) is 5.39. The summed E-state index contributed by atoms with van der Waals surface area (Å²) < 4.78 is 5.77. The summed E-state index contributed by atoms with van der Waals surface area (Å²) in [7, 11) is 0. The number of hydrogen-bond acceptors (Lipinski definition) is 4. The maximum atomic E-state index is 12.8. The molecule has 3 aromatic rings. The molecule has 4 rings (SSSR count). The summed E-state index contributed by atoms with van der Waals surface area (Å²) in [6.07, 6.45) is 3.79. The van der Waals surface area contributed by atoms with Crippen molar-refractivity contribution in [2.24, 2.45) is 0 Å². The van der Waals surface area contributed by atoms with Crippen LogP contribution in [0.1, 0.15) is 24.1 Å². The number of aromatic nitrogens is 1. The topological polar surface area (TPSA) is 78.2 Å². The van der Waals surface area contributed by atoms with Crippen LogP contribution < -0.4 is 10.1 Å². The molecule has 1 heterocycles. The van der Waals surface area contributed by atoms with Crippen LogP contribution >= 0.6 is 0 Å². The van der Waals surface area contributed by atoms with Crippen LogP contribution in [-0.4, -0.2) is 22.0 Å². The Morgan fingerprint density at radius 2 is 1.76 bits per heavy atom. The quantitative estimate of drug-likeness (QED) is 0.653. The van der Waals surface area contributed by atoms with Crippen molar-refractivity contribution in [3.05, 3.63) is 84.2 Å². The van der Waals surface area contributed by atoms with Crippen LogP contribution in [0.25, 0.3) is 0 Å². The van der Waals surface area contributed by atoms with Gasteiger partial charge in [0.1, 0.15) is 11.5 Å². The van der Waals surface area contributed by atoms with Gasteiger partial charge in [-0.05, 0) is 73.5 Å². The maximum Gasteiger partial charge on any atom is 0.322 e. The molecular formula is C23H20N4O2. The van der Waals surface area contributed by atoms with Gasteiger partial charge in [0.05, 0.1) is 23.9 Å². The van der Waals surface area contributed by atoms with Crippen molar-refractivity contribution in [1.29, 1.82) is 5.26 Å². The highest BCUT2D eigenvalue weighted by molar-refractivity contribution is 5.89. The lowest BCUT2D eigenvalue weighted by atomic mass is 10.2. The fraction of sp³-hybridized carbons (Fsp3) is 0.174. The third-order valence-corrected chi connectivity index (χ3v) is 4.63. The van der Waals surface area contributed by atoms with Gasteiger partial charge in [-0.25, -0.2) is 4.79 Å². The smallest absolute Gasteiger partial charge is 0.322 e. The van der Waals surface area contributed by atoms with Crippen LogP contribution in [0.4, 0.5) is 10.5 Å². The van der Waals surface area contributed by atoms with Crippen molar-refractivity contribution in [3.8, 4) is 17.6 Å². The van der Waals surface area contributed by atoms with Crippen LogP contribution in [0.2, 0.25) is 0 Å². The van der Waals surface area contributed by atoms with E-state index in [1.807, 2.05) is 35.2 Å². The molecular weight excluding hydrogens is 364 g/mol. The first-order chi connectivity index (χ1) is 14.2. The van der Waals surface area contributed by atoms with E-state index in [0.29, 0.717) is 29.3 Å². The van der Waals surface area contributed by atoms with Crippen molar-refractivity contribution in [2.45, 2.75) is 25.4 Å². The van der Waals surface area contributed by atoms with E-state index >= 15 is 0 Å². The standard InChI is InChI=1S/C23H20N4O2/c24-15-17-4-10-21(11-5-17)29-22-12-6-18(7-13-22)26-23(28)27(20-8-9-20)16-19-3-1-2-14-25-19/h1-7,10-14,20H,8-9,16H2,(H,26,28). The highest BCUT2D eigenvalue weighted by atomic mass is 16.5. The minimum Gasteiger partial charge on any atom is -0.457 e. The van der Waals surface area contributed by atoms with Gasteiger partial charge in [0.25, 0.3) is 0 Å². The van der Waals surface area contributed by atoms with Gasteiger partial charge in [0.2, 0.25) is 0 Å². The number of pyridine rings is 1. The molecule has 6 nitrogen and oxygen atoms in total. The monoisotopic (exact) mass is 384 g/mol. The van der Waals surface area contributed by atoms with Gasteiger partial charge >= 0.3 is 6.03 Å². The summed E-state index contributed by atoms with van der Waals surface area (Å²) in [6, 6.07) is 22.1. The molecule has 0 aliphatic heterocycles. The van der Waals surface area contributed by atoms with E-state index in [4.69, 9.17) is 10.00 Å². The first-order valence-corrected chi connectivity index (χ1v) is 9.47. The third-order valence-electron chi connectivity index (χ3n) is 4.63. The van der Waals surface area contributed by atoms with Crippen molar-refractivity contribution in [2.75, 3.05) is 5.32 Å². The predicted octanol–water partition coefficient (Wildman–Crippen LogP) is 4.94. The Morgan fingerprint density at radius 3 is 2.34 bits per heavy atom. The average molecular weight is 384 g/mol. The first-order valence-electron chi connectivity index (χ1n) is 9.47. The summed E-state index contributed by atoms with van der Waals surface area (Å²) in [4.78, 5) is 18.9. The number of nitrogens with zero attached hydrogens (tertiary/aromatic N) is 3. The lowest BCUT2D eigenvalue weighted by Crippen LogP contribution is -2.36. The molecule has 29 heavy (non-hydrogen) atoms. The van der Waals surface area contributed by atoms with E-state index in [1.165, 1.54) is 0 Å². The zero-order valence-electron chi connectivity index (χ0n) is 15.8. The number of carbonyl (C=O) groups is 1. The van der Waals surface area contributed by atoms with Gasteiger partial charge in [-0.15, -0.1) is 0 Å². The number of amides is 2. The predicted molar refractivity (Wildman–Crippen MR) is 109 cm³/mol. The summed E-state index contributed by atoms with van der Waals surface area (Å²) in [5.41, 5.74) is 2.16. The fourth-order valence-corrected chi connectivity index (χ4v) is 2.95. The number of nitrogens with one attached hydrogen (secondary N) is 1. The second-order valence-electron chi connectivity index (χ2n) is 6.87. The average Bonchev–Trinajstić information content (AvgIpc) is 3.60. The maximum absolute atomic E-state index is 12.8. The van der Waals surface area contributed by atoms with Crippen LogP contribution in [0.5, 0.6) is 11.5 Å². The SMILES string of the molecule is N#Cc1ccc(Oc2ccc(NC(=O)N(Cc3ccccn3)C3CC3)cc2)cc1. The Morgan fingerprint density at radius 1 is 1.07 bits per heavy atom. The third kappa shape index (κ3) is 4.90. The van der Waals surface area contributed by atoms with Crippen molar-refractivity contribution in [3.63, 3.8) is 0 Å². The number of urea groups is 1. The Bertz CT molecular complexity index is 1010. The van der Waals surface area contributed by atoms with Crippen molar-refractivity contribution < 1.29 is 9.53 Å². The van der Waals surface area contributed by atoms with Gasteiger partial charge in [-0.3, -0.25) is 4.98 Å². The first kappa shape index (κ1) is 18.5. The molecule has 1 aromatic heterocycles.